The number of aliphatic carboxylic acids is 1. The fraction of sp³-hybridized carbons (Fsp3) is 0.333. The Labute approximate surface area is 108 Å². The number of nitrogens with zero attached hydrogens (tertiary/aromatic N) is 1. The molecule has 0 amide bonds. The second-order valence-electron chi connectivity index (χ2n) is 4.08. The van der Waals surface area contributed by atoms with Crippen LogP contribution < -0.4 is 9.47 Å². The molecule has 0 fully saturated rings. The maximum atomic E-state index is 10.3. The van der Waals surface area contributed by atoms with Crippen LogP contribution in [-0.2, 0) is 16.1 Å². The Morgan fingerprint density at radius 3 is 2.84 bits per heavy atom. The number of aromatic amines is 1. The summed E-state index contributed by atoms with van der Waals surface area (Å²) < 4.78 is 15.9. The van der Waals surface area contributed by atoms with Crippen LogP contribution in [0.25, 0.3) is 11.0 Å². The molecule has 0 aliphatic carbocycles. The normalized spacial score (nSPS) is 13.7. The van der Waals surface area contributed by atoms with Crippen molar-refractivity contribution in [1.29, 1.82) is 0 Å². The summed E-state index contributed by atoms with van der Waals surface area (Å²) in [6, 6.07) is 3.61. The van der Waals surface area contributed by atoms with Crippen LogP contribution in [0.1, 0.15) is 5.82 Å². The molecule has 19 heavy (non-hydrogen) atoms. The van der Waals surface area contributed by atoms with Crippen molar-refractivity contribution in [2.24, 2.45) is 0 Å². The molecular weight excluding hydrogens is 252 g/mol. The lowest BCUT2D eigenvalue weighted by atomic mass is 10.2. The summed E-state index contributed by atoms with van der Waals surface area (Å²) in [5, 5.41) is 8.49. The van der Waals surface area contributed by atoms with Gasteiger partial charge in [0.25, 0.3) is 0 Å². The van der Waals surface area contributed by atoms with Crippen LogP contribution in [0.2, 0.25) is 0 Å². The van der Waals surface area contributed by atoms with Crippen LogP contribution in [0, 0.1) is 0 Å². The molecular formula is C12H12N2O5. The van der Waals surface area contributed by atoms with Gasteiger partial charge < -0.3 is 24.3 Å². The predicted octanol–water partition coefficient (Wildman–Crippen LogP) is 0.935. The van der Waals surface area contributed by atoms with Gasteiger partial charge in [-0.2, -0.15) is 0 Å². The Hall–Kier alpha value is -2.28. The molecule has 1 aromatic heterocycles. The van der Waals surface area contributed by atoms with Gasteiger partial charge in [-0.15, -0.1) is 0 Å². The highest BCUT2D eigenvalue weighted by molar-refractivity contribution is 5.79. The number of carbonyl (C=O) groups is 1. The Kier molecular flexibility index (Phi) is 2.96. The second kappa shape index (κ2) is 4.77. The standard InChI is InChI=1S/C12H12N2O5/c15-12(16)6-17-5-11-13-7-3-9-10(4-8(7)14-11)19-2-1-18-9/h3-4H,1-2,5-6H2,(H,13,14)(H,15,16). The number of hydrogen-bond donors (Lipinski definition) is 2. The summed E-state index contributed by atoms with van der Waals surface area (Å²) >= 11 is 0. The van der Waals surface area contributed by atoms with Gasteiger partial charge in [0.1, 0.15) is 32.3 Å². The van der Waals surface area contributed by atoms with Crippen molar-refractivity contribution >= 4 is 17.0 Å². The minimum Gasteiger partial charge on any atom is -0.486 e. The lowest BCUT2D eigenvalue weighted by molar-refractivity contribution is -0.142. The third-order valence-corrected chi connectivity index (χ3v) is 2.66. The van der Waals surface area contributed by atoms with Crippen LogP contribution >= 0.6 is 0 Å². The van der Waals surface area contributed by atoms with Gasteiger partial charge in [0.05, 0.1) is 11.0 Å². The zero-order valence-electron chi connectivity index (χ0n) is 10.0. The monoisotopic (exact) mass is 264 g/mol. The lowest BCUT2D eigenvalue weighted by Gasteiger charge is -2.17. The minimum atomic E-state index is -1.01. The average molecular weight is 264 g/mol. The van der Waals surface area contributed by atoms with Crippen molar-refractivity contribution in [3.63, 3.8) is 0 Å². The van der Waals surface area contributed by atoms with E-state index in [-0.39, 0.29) is 13.2 Å². The molecule has 3 rings (SSSR count). The molecule has 0 saturated carbocycles. The van der Waals surface area contributed by atoms with Crippen molar-refractivity contribution in [2.75, 3.05) is 19.8 Å². The number of rotatable bonds is 4. The fourth-order valence-corrected chi connectivity index (χ4v) is 1.90. The summed E-state index contributed by atoms with van der Waals surface area (Å²) in [6.07, 6.45) is 0. The van der Waals surface area contributed by atoms with E-state index in [1.807, 2.05) is 6.07 Å². The molecule has 1 aromatic carbocycles. The highest BCUT2D eigenvalue weighted by Crippen LogP contribution is 2.33. The first-order valence-corrected chi connectivity index (χ1v) is 5.80. The zero-order valence-corrected chi connectivity index (χ0v) is 10.0. The van der Waals surface area contributed by atoms with Gasteiger partial charge in [-0.3, -0.25) is 0 Å². The lowest BCUT2D eigenvalue weighted by Crippen LogP contribution is -2.15. The number of carboxylic acid groups (broad SMARTS) is 1. The number of aromatic nitrogens is 2. The minimum absolute atomic E-state index is 0.118. The second-order valence-corrected chi connectivity index (χ2v) is 4.08. The zero-order chi connectivity index (χ0) is 13.2. The molecule has 7 heteroatoms. The number of benzene rings is 1. The molecule has 1 aliphatic rings. The van der Waals surface area contributed by atoms with Crippen LogP contribution in [-0.4, -0.2) is 40.9 Å². The molecule has 7 nitrogen and oxygen atoms in total. The van der Waals surface area contributed by atoms with Crippen molar-refractivity contribution in [2.45, 2.75) is 6.61 Å². The maximum absolute atomic E-state index is 10.3. The van der Waals surface area contributed by atoms with Crippen LogP contribution in [0.4, 0.5) is 0 Å². The summed E-state index contributed by atoms with van der Waals surface area (Å²) in [5.74, 6) is 0.913. The van der Waals surface area contributed by atoms with Gasteiger partial charge in [0.15, 0.2) is 11.5 Å². The predicted molar refractivity (Wildman–Crippen MR) is 64.4 cm³/mol. The molecule has 1 aliphatic heterocycles. The topological polar surface area (TPSA) is 93.7 Å². The first kappa shape index (κ1) is 11.8. The van der Waals surface area contributed by atoms with E-state index in [9.17, 15) is 4.79 Å². The van der Waals surface area contributed by atoms with E-state index in [0.717, 1.165) is 11.0 Å². The number of fused-ring (bicyclic) bond motifs is 2. The molecule has 2 N–H and O–H groups in total. The number of nitrogens with one attached hydrogen (secondary N) is 1. The highest BCUT2D eigenvalue weighted by atomic mass is 16.6. The third-order valence-electron chi connectivity index (χ3n) is 2.66. The van der Waals surface area contributed by atoms with Gasteiger partial charge in [-0.1, -0.05) is 0 Å². The maximum Gasteiger partial charge on any atom is 0.329 e. The molecule has 0 atom stereocenters. The van der Waals surface area contributed by atoms with Gasteiger partial charge >= 0.3 is 5.97 Å². The molecule has 2 heterocycles. The SMILES string of the molecule is O=C(O)COCc1nc2cc3c(cc2[nH]1)OCCO3. The molecule has 2 aromatic rings. The smallest absolute Gasteiger partial charge is 0.329 e. The van der Waals surface area contributed by atoms with Crippen molar-refractivity contribution in [3.8, 4) is 11.5 Å². The van der Waals surface area contributed by atoms with Crippen molar-refractivity contribution < 1.29 is 24.1 Å². The Morgan fingerprint density at radius 2 is 2.11 bits per heavy atom. The van der Waals surface area contributed by atoms with Crippen molar-refractivity contribution in [3.05, 3.63) is 18.0 Å². The summed E-state index contributed by atoms with van der Waals surface area (Å²) in [6.45, 7) is 0.825. The van der Waals surface area contributed by atoms with Crippen LogP contribution in [0.3, 0.4) is 0 Å². The summed E-state index contributed by atoms with van der Waals surface area (Å²) in [4.78, 5) is 17.7. The Balaban J connectivity index is 1.82. The molecule has 0 radical (unpaired) electrons. The molecule has 0 unspecified atom stereocenters. The van der Waals surface area contributed by atoms with E-state index in [1.54, 1.807) is 6.07 Å². The van der Waals surface area contributed by atoms with Crippen molar-refractivity contribution in [1.82, 2.24) is 9.97 Å². The Bertz CT molecular complexity index is 579. The van der Waals surface area contributed by atoms with Gasteiger partial charge in [-0.25, -0.2) is 9.78 Å². The number of hydrogen-bond acceptors (Lipinski definition) is 5. The number of H-pyrrole nitrogens is 1. The quantitative estimate of drug-likeness (QED) is 0.853. The van der Waals surface area contributed by atoms with E-state index in [1.165, 1.54) is 0 Å². The van der Waals surface area contributed by atoms with Crippen LogP contribution in [0.15, 0.2) is 12.1 Å². The van der Waals surface area contributed by atoms with E-state index >= 15 is 0 Å². The Morgan fingerprint density at radius 1 is 1.37 bits per heavy atom. The first-order valence-electron chi connectivity index (χ1n) is 5.80. The molecule has 0 saturated heterocycles. The van der Waals surface area contributed by atoms with E-state index in [0.29, 0.717) is 30.5 Å². The fourth-order valence-electron chi connectivity index (χ4n) is 1.90. The summed E-state index contributed by atoms with van der Waals surface area (Å²) in [5.41, 5.74) is 1.54. The van der Waals surface area contributed by atoms with E-state index in [4.69, 9.17) is 19.3 Å². The van der Waals surface area contributed by atoms with E-state index < -0.39 is 5.97 Å². The van der Waals surface area contributed by atoms with Gasteiger partial charge in [-0.05, 0) is 0 Å². The highest BCUT2D eigenvalue weighted by Gasteiger charge is 2.14. The molecule has 0 spiro atoms. The summed E-state index contributed by atoms with van der Waals surface area (Å²) in [7, 11) is 0. The number of carboxylic acids is 1. The first-order chi connectivity index (χ1) is 9.22. The van der Waals surface area contributed by atoms with Gasteiger partial charge in [0.2, 0.25) is 0 Å². The van der Waals surface area contributed by atoms with Gasteiger partial charge in [0, 0.05) is 12.1 Å². The number of imidazole rings is 1. The number of ether oxygens (including phenoxy) is 3. The average Bonchev–Trinajstić information content (AvgIpc) is 2.77. The van der Waals surface area contributed by atoms with Crippen LogP contribution in [0.5, 0.6) is 11.5 Å². The van der Waals surface area contributed by atoms with E-state index in [2.05, 4.69) is 9.97 Å². The largest absolute Gasteiger partial charge is 0.486 e. The molecule has 100 valence electrons. The molecule has 0 bridgehead atoms. The third kappa shape index (κ3) is 2.45.